The number of phenolic OH excluding ortho intramolecular Hbond substituents is 1. The van der Waals surface area contributed by atoms with Gasteiger partial charge in [0.25, 0.3) is 0 Å². The van der Waals surface area contributed by atoms with Gasteiger partial charge in [0, 0.05) is 18.6 Å². The number of nitrogens with one attached hydrogen (secondary N) is 1. The van der Waals surface area contributed by atoms with Gasteiger partial charge in [0.1, 0.15) is 28.8 Å². The molecule has 2 aromatic carbocycles. The molecule has 0 spiro atoms. The van der Waals surface area contributed by atoms with Crippen molar-refractivity contribution in [1.29, 1.82) is 0 Å². The molecule has 1 amide bonds. The molecule has 0 aliphatic rings. The van der Waals surface area contributed by atoms with Crippen LogP contribution in [0.15, 0.2) is 58.9 Å². The first-order valence-electron chi connectivity index (χ1n) is 9.22. The number of amides is 1. The number of methoxy groups -OCH3 is 2. The highest BCUT2D eigenvalue weighted by atomic mass is 32.1. The largest absolute Gasteiger partial charge is 0.505 e. The Bertz CT molecular complexity index is 1030. The van der Waals surface area contributed by atoms with Gasteiger partial charge in [-0.25, -0.2) is 4.99 Å². The molecule has 0 bridgehead atoms. The van der Waals surface area contributed by atoms with E-state index in [1.807, 2.05) is 41.8 Å². The number of anilines is 1. The summed E-state index contributed by atoms with van der Waals surface area (Å²) in [4.78, 5) is 17.7. The van der Waals surface area contributed by atoms with Crippen molar-refractivity contribution < 1.29 is 19.4 Å². The van der Waals surface area contributed by atoms with Crippen molar-refractivity contribution in [3.63, 3.8) is 0 Å². The van der Waals surface area contributed by atoms with Gasteiger partial charge in [0.15, 0.2) is 0 Å². The van der Waals surface area contributed by atoms with Crippen LogP contribution in [0.1, 0.15) is 16.9 Å². The van der Waals surface area contributed by atoms with Gasteiger partial charge < -0.3 is 25.6 Å². The molecule has 7 nitrogen and oxygen atoms in total. The summed E-state index contributed by atoms with van der Waals surface area (Å²) in [6, 6.07) is 14.4. The number of phenols is 1. The van der Waals surface area contributed by atoms with Crippen molar-refractivity contribution >= 4 is 34.5 Å². The zero-order valence-corrected chi connectivity index (χ0v) is 17.5. The van der Waals surface area contributed by atoms with E-state index in [1.54, 1.807) is 6.07 Å². The summed E-state index contributed by atoms with van der Waals surface area (Å²) in [5, 5.41) is 14.8. The Morgan fingerprint density at radius 1 is 1.17 bits per heavy atom. The molecule has 0 aliphatic carbocycles. The minimum absolute atomic E-state index is 0.120. The molecular formula is C22H23N3O4S. The van der Waals surface area contributed by atoms with Gasteiger partial charge in [-0.15, -0.1) is 11.3 Å². The standard InChI is InChI=1S/C22H23N3O4S/c1-28-16-12-17(26)21(18(13-16)29-2)25-20(27)10-7-14-5-8-15(9-6-14)24-22(23)19-4-3-11-30-19/h3-6,8-9,11-13,26H,7,10H2,1-2H3,(H2,23,24)(H,25,27). The van der Waals surface area contributed by atoms with Gasteiger partial charge in [0.2, 0.25) is 5.91 Å². The van der Waals surface area contributed by atoms with Crippen LogP contribution in [-0.2, 0) is 11.2 Å². The predicted octanol–water partition coefficient (Wildman–Crippen LogP) is 4.08. The normalized spacial score (nSPS) is 11.2. The van der Waals surface area contributed by atoms with Crippen LogP contribution in [0.4, 0.5) is 11.4 Å². The summed E-state index contributed by atoms with van der Waals surface area (Å²) in [7, 11) is 2.94. The Balaban J connectivity index is 1.60. The number of aryl methyl sites for hydroxylation is 1. The number of nitrogens with zero attached hydrogens (tertiary/aromatic N) is 1. The fraction of sp³-hybridized carbons (Fsp3) is 0.182. The predicted molar refractivity (Wildman–Crippen MR) is 119 cm³/mol. The SMILES string of the molecule is COc1cc(O)c(NC(=O)CCc2ccc(N=C(N)c3cccs3)cc2)c(OC)c1. The Morgan fingerprint density at radius 2 is 1.93 bits per heavy atom. The lowest BCUT2D eigenvalue weighted by atomic mass is 10.1. The summed E-state index contributed by atoms with van der Waals surface area (Å²) in [5.41, 5.74) is 7.97. The molecule has 30 heavy (non-hydrogen) atoms. The first kappa shape index (κ1) is 21.2. The van der Waals surface area contributed by atoms with E-state index < -0.39 is 0 Å². The number of carbonyl (C=O) groups is 1. The molecule has 3 aromatic rings. The van der Waals surface area contributed by atoms with Crippen molar-refractivity contribution in [2.45, 2.75) is 12.8 Å². The van der Waals surface area contributed by atoms with Crippen LogP contribution in [0, 0.1) is 0 Å². The number of nitrogens with two attached hydrogens (primary N) is 1. The highest BCUT2D eigenvalue weighted by molar-refractivity contribution is 7.12. The fourth-order valence-corrected chi connectivity index (χ4v) is 3.42. The molecule has 0 saturated heterocycles. The lowest BCUT2D eigenvalue weighted by Gasteiger charge is -2.13. The van der Waals surface area contributed by atoms with Crippen LogP contribution in [0.3, 0.4) is 0 Å². The maximum Gasteiger partial charge on any atom is 0.224 e. The quantitative estimate of drug-likeness (QED) is 0.286. The molecule has 0 fully saturated rings. The number of amidine groups is 1. The van der Waals surface area contributed by atoms with Crippen molar-refractivity contribution in [3.05, 3.63) is 64.4 Å². The number of carbonyl (C=O) groups excluding carboxylic acids is 1. The number of hydrogen-bond acceptors (Lipinski definition) is 6. The minimum Gasteiger partial charge on any atom is -0.505 e. The van der Waals surface area contributed by atoms with E-state index in [0.29, 0.717) is 23.8 Å². The van der Waals surface area contributed by atoms with Crippen LogP contribution >= 0.6 is 11.3 Å². The van der Waals surface area contributed by atoms with Gasteiger partial charge in [0.05, 0.1) is 24.8 Å². The average molecular weight is 426 g/mol. The second-order valence-corrected chi connectivity index (χ2v) is 7.36. The maximum absolute atomic E-state index is 12.4. The highest BCUT2D eigenvalue weighted by Gasteiger charge is 2.14. The molecule has 0 atom stereocenters. The molecule has 4 N–H and O–H groups in total. The topological polar surface area (TPSA) is 106 Å². The highest BCUT2D eigenvalue weighted by Crippen LogP contribution is 2.38. The van der Waals surface area contributed by atoms with Crippen LogP contribution in [-0.4, -0.2) is 31.1 Å². The Hall–Kier alpha value is -3.52. The minimum atomic E-state index is -0.238. The van der Waals surface area contributed by atoms with E-state index >= 15 is 0 Å². The number of rotatable bonds is 8. The molecule has 156 valence electrons. The lowest BCUT2D eigenvalue weighted by Crippen LogP contribution is -2.13. The van der Waals surface area contributed by atoms with Crippen molar-refractivity contribution in [3.8, 4) is 17.2 Å². The third-order valence-electron chi connectivity index (χ3n) is 4.38. The summed E-state index contributed by atoms with van der Waals surface area (Å²) < 4.78 is 10.3. The van der Waals surface area contributed by atoms with Crippen molar-refractivity contribution in [2.24, 2.45) is 10.7 Å². The Labute approximate surface area is 178 Å². The third-order valence-corrected chi connectivity index (χ3v) is 5.27. The number of hydrogen-bond donors (Lipinski definition) is 3. The zero-order chi connectivity index (χ0) is 21.5. The molecular weight excluding hydrogens is 402 g/mol. The monoisotopic (exact) mass is 425 g/mol. The number of ether oxygens (including phenoxy) is 2. The summed E-state index contributed by atoms with van der Waals surface area (Å²) in [6.07, 6.45) is 0.782. The fourth-order valence-electron chi connectivity index (χ4n) is 2.80. The van der Waals surface area contributed by atoms with E-state index in [0.717, 1.165) is 16.1 Å². The van der Waals surface area contributed by atoms with E-state index in [4.69, 9.17) is 15.2 Å². The smallest absolute Gasteiger partial charge is 0.224 e. The number of aromatic hydroxyl groups is 1. The summed E-state index contributed by atoms with van der Waals surface area (Å²) in [6.45, 7) is 0. The Kier molecular flexibility index (Phi) is 6.92. The van der Waals surface area contributed by atoms with Gasteiger partial charge in [-0.3, -0.25) is 4.79 Å². The van der Waals surface area contributed by atoms with Gasteiger partial charge in [-0.2, -0.15) is 0 Å². The number of thiophene rings is 1. The first-order valence-corrected chi connectivity index (χ1v) is 10.1. The van der Waals surface area contributed by atoms with Gasteiger partial charge in [-0.1, -0.05) is 18.2 Å². The van der Waals surface area contributed by atoms with Crippen LogP contribution in [0.5, 0.6) is 17.2 Å². The number of benzene rings is 2. The van der Waals surface area contributed by atoms with E-state index in [2.05, 4.69) is 10.3 Å². The average Bonchev–Trinajstić information content (AvgIpc) is 3.29. The first-order chi connectivity index (χ1) is 14.5. The molecule has 0 unspecified atom stereocenters. The maximum atomic E-state index is 12.4. The second-order valence-electron chi connectivity index (χ2n) is 6.41. The zero-order valence-electron chi connectivity index (χ0n) is 16.7. The molecule has 1 heterocycles. The Morgan fingerprint density at radius 3 is 2.57 bits per heavy atom. The van der Waals surface area contributed by atoms with Crippen LogP contribution < -0.4 is 20.5 Å². The van der Waals surface area contributed by atoms with Crippen molar-refractivity contribution in [2.75, 3.05) is 19.5 Å². The summed E-state index contributed by atoms with van der Waals surface area (Å²) >= 11 is 1.54. The summed E-state index contributed by atoms with van der Waals surface area (Å²) in [5.74, 6) is 0.879. The molecule has 8 heteroatoms. The molecule has 0 radical (unpaired) electrons. The van der Waals surface area contributed by atoms with E-state index in [1.165, 1.54) is 31.6 Å². The van der Waals surface area contributed by atoms with Crippen molar-refractivity contribution in [1.82, 2.24) is 0 Å². The third kappa shape index (κ3) is 5.30. The molecule has 0 aliphatic heterocycles. The van der Waals surface area contributed by atoms with Gasteiger partial charge >= 0.3 is 0 Å². The van der Waals surface area contributed by atoms with Crippen LogP contribution in [0.25, 0.3) is 0 Å². The van der Waals surface area contributed by atoms with E-state index in [9.17, 15) is 9.90 Å². The number of aliphatic imine (C=N–C) groups is 1. The van der Waals surface area contributed by atoms with Crippen LogP contribution in [0.2, 0.25) is 0 Å². The molecule has 1 aromatic heterocycles. The molecule has 0 saturated carbocycles. The van der Waals surface area contributed by atoms with Gasteiger partial charge in [-0.05, 0) is 35.6 Å². The van der Waals surface area contributed by atoms with E-state index in [-0.39, 0.29) is 23.8 Å². The second kappa shape index (κ2) is 9.80. The lowest BCUT2D eigenvalue weighted by molar-refractivity contribution is -0.116. The molecule has 3 rings (SSSR count).